The summed E-state index contributed by atoms with van der Waals surface area (Å²) < 4.78 is 2.39. The smallest absolute Gasteiger partial charge is 0.177 e. The molecule has 0 fully saturated rings. The van der Waals surface area contributed by atoms with Gasteiger partial charge in [-0.2, -0.15) is 10.5 Å². The van der Waals surface area contributed by atoms with Crippen molar-refractivity contribution in [1.82, 2.24) is 14.5 Å². The molecule has 0 atom stereocenters. The maximum absolute atomic E-state index is 9.53. The minimum absolute atomic E-state index is 0.0655. The number of hydrogen-bond donors (Lipinski definition) is 0. The molecular formula is C37H23N5. The lowest BCUT2D eigenvalue weighted by Crippen LogP contribution is -2.01. The average Bonchev–Trinajstić information content (AvgIpc) is 3.52. The zero-order chi connectivity index (χ0) is 28.5. The third-order valence-corrected chi connectivity index (χ3v) is 8.61. The van der Waals surface area contributed by atoms with Crippen molar-refractivity contribution in [3.8, 4) is 40.3 Å². The summed E-state index contributed by atoms with van der Waals surface area (Å²) in [6.07, 6.45) is 0.782. The molecule has 2 heterocycles. The van der Waals surface area contributed by atoms with Crippen LogP contribution in [0.4, 0.5) is 0 Å². The van der Waals surface area contributed by atoms with E-state index < -0.39 is 0 Å². The first kappa shape index (κ1) is 24.1. The average molecular weight is 538 g/mol. The lowest BCUT2D eigenvalue weighted by molar-refractivity contribution is 1.10. The molecule has 0 aliphatic heterocycles. The highest BCUT2D eigenvalue weighted by Gasteiger charge is 2.27. The Balaban J connectivity index is 1.25. The summed E-state index contributed by atoms with van der Waals surface area (Å²) in [4.78, 5) is 9.10. The van der Waals surface area contributed by atoms with Gasteiger partial charge in [0.1, 0.15) is 12.1 Å². The fraction of sp³-hybridized carbons (Fsp3) is 0.0811. The second kappa shape index (κ2) is 8.86. The van der Waals surface area contributed by atoms with Gasteiger partial charge >= 0.3 is 0 Å². The number of nitriles is 2. The van der Waals surface area contributed by atoms with Crippen LogP contribution in [0.3, 0.4) is 0 Å². The van der Waals surface area contributed by atoms with E-state index in [0.29, 0.717) is 11.4 Å². The minimum atomic E-state index is 0.0655. The maximum atomic E-state index is 9.53. The van der Waals surface area contributed by atoms with Gasteiger partial charge in [0.25, 0.3) is 0 Å². The molecule has 0 spiro atoms. The molecule has 196 valence electrons. The summed E-state index contributed by atoms with van der Waals surface area (Å²) in [5.41, 5.74) is 12.0. The molecule has 5 nitrogen and oxygen atoms in total. The molecule has 2 aromatic heterocycles. The summed E-state index contributed by atoms with van der Waals surface area (Å²) in [7, 11) is 0. The Morgan fingerprint density at radius 3 is 1.86 bits per heavy atom. The Hall–Kier alpha value is -5.78. The number of aryl methyl sites for hydroxylation is 2. The molecule has 42 heavy (non-hydrogen) atoms. The highest BCUT2D eigenvalue weighted by molar-refractivity contribution is 6.14. The van der Waals surface area contributed by atoms with Gasteiger partial charge in [-0.05, 0) is 66.1 Å². The zero-order valence-electron chi connectivity index (χ0n) is 23.1. The molecule has 0 bridgehead atoms. The molecular weight excluding hydrogens is 514 g/mol. The minimum Gasteiger partial charge on any atom is -0.309 e. The lowest BCUT2D eigenvalue weighted by Gasteiger charge is -2.16. The van der Waals surface area contributed by atoms with Crippen LogP contribution in [0.2, 0.25) is 0 Å². The van der Waals surface area contributed by atoms with E-state index in [-0.39, 0.29) is 11.4 Å². The van der Waals surface area contributed by atoms with E-state index >= 15 is 0 Å². The van der Waals surface area contributed by atoms with Crippen molar-refractivity contribution in [3.05, 3.63) is 125 Å². The quantitative estimate of drug-likeness (QED) is 0.227. The number of nitrogens with zero attached hydrogens (tertiary/aromatic N) is 5. The summed E-state index contributed by atoms with van der Waals surface area (Å²) in [6.45, 7) is 4.39. The monoisotopic (exact) mass is 537 g/mol. The predicted molar refractivity (Wildman–Crippen MR) is 166 cm³/mol. The standard InChI is InChI=1S/C37H23N5/c1-21-17-34(42-32-12-5-3-8-26(32)27-9-4-6-13-33(27)42)22(2)16-24(21)18-23-14-15-29-35-25(23)10-7-11-28(35)36-37(29)41-31(20-39)30(19-38)40-36/h3-17H,18H2,1-2H3. The fourth-order valence-corrected chi connectivity index (χ4v) is 6.66. The normalized spacial score (nSPS) is 11.6. The molecule has 0 saturated carbocycles. The molecule has 0 amide bonds. The summed E-state index contributed by atoms with van der Waals surface area (Å²) in [5, 5.41) is 23.8. The van der Waals surface area contributed by atoms with Gasteiger partial charge in [0, 0.05) is 33.0 Å². The first-order chi connectivity index (χ1) is 20.6. The van der Waals surface area contributed by atoms with Gasteiger partial charge in [-0.1, -0.05) is 72.8 Å². The predicted octanol–water partition coefficient (Wildman–Crippen LogP) is 8.33. The van der Waals surface area contributed by atoms with Crippen molar-refractivity contribution in [1.29, 1.82) is 10.5 Å². The van der Waals surface area contributed by atoms with Gasteiger partial charge in [-0.25, -0.2) is 9.97 Å². The van der Waals surface area contributed by atoms with E-state index in [0.717, 1.165) is 28.3 Å². The van der Waals surface area contributed by atoms with Crippen molar-refractivity contribution in [2.24, 2.45) is 0 Å². The number of aromatic nitrogens is 3. The number of hydrogen-bond acceptors (Lipinski definition) is 4. The summed E-state index contributed by atoms with van der Waals surface area (Å²) >= 11 is 0. The molecule has 8 rings (SSSR count). The molecule has 7 aromatic rings. The van der Waals surface area contributed by atoms with E-state index in [1.54, 1.807) is 0 Å². The van der Waals surface area contributed by atoms with Crippen LogP contribution in [0.25, 0.3) is 60.8 Å². The third-order valence-electron chi connectivity index (χ3n) is 8.61. The van der Waals surface area contributed by atoms with Crippen molar-refractivity contribution in [2.75, 3.05) is 0 Å². The van der Waals surface area contributed by atoms with Gasteiger partial charge in [0.15, 0.2) is 11.4 Å². The first-order valence-corrected chi connectivity index (χ1v) is 13.9. The number of fused-ring (bicyclic) bond motifs is 6. The van der Waals surface area contributed by atoms with Gasteiger partial charge < -0.3 is 4.57 Å². The fourth-order valence-electron chi connectivity index (χ4n) is 6.66. The van der Waals surface area contributed by atoms with Crippen LogP contribution in [0.15, 0.2) is 91.0 Å². The second-order valence-corrected chi connectivity index (χ2v) is 11.0. The molecule has 5 aromatic carbocycles. The SMILES string of the molecule is Cc1cc(-n2c3ccccc3c3ccccc32)c(C)cc1Cc1ccc2c3c(cccc13)-c1nc(C#N)c(C#N)nc1-2. The van der Waals surface area contributed by atoms with Crippen molar-refractivity contribution in [2.45, 2.75) is 20.3 Å². The van der Waals surface area contributed by atoms with Crippen LogP contribution in [-0.4, -0.2) is 14.5 Å². The lowest BCUT2D eigenvalue weighted by atomic mass is 9.92. The van der Waals surface area contributed by atoms with E-state index in [1.807, 2.05) is 24.3 Å². The Labute approximate surface area is 242 Å². The zero-order valence-corrected chi connectivity index (χ0v) is 23.1. The summed E-state index contributed by atoms with van der Waals surface area (Å²) in [6, 6.07) is 36.4. The Bertz CT molecular complexity index is 2280. The molecule has 1 aliphatic rings. The van der Waals surface area contributed by atoms with E-state index in [2.05, 4.69) is 107 Å². The topological polar surface area (TPSA) is 78.3 Å². The van der Waals surface area contributed by atoms with E-state index in [9.17, 15) is 10.5 Å². The number of para-hydroxylation sites is 2. The van der Waals surface area contributed by atoms with Crippen molar-refractivity contribution >= 4 is 32.6 Å². The second-order valence-electron chi connectivity index (χ2n) is 11.0. The van der Waals surface area contributed by atoms with Gasteiger partial charge in [-0.15, -0.1) is 0 Å². The van der Waals surface area contributed by atoms with Crippen LogP contribution in [0, 0.1) is 36.5 Å². The Morgan fingerprint density at radius 1 is 0.619 bits per heavy atom. The van der Waals surface area contributed by atoms with Crippen LogP contribution in [0.5, 0.6) is 0 Å². The third kappa shape index (κ3) is 3.28. The molecule has 0 saturated heterocycles. The molecule has 5 heteroatoms. The molecule has 0 N–H and O–H groups in total. The number of benzene rings is 5. The van der Waals surface area contributed by atoms with E-state index in [1.165, 1.54) is 49.7 Å². The highest BCUT2D eigenvalue weighted by atomic mass is 15.0. The molecule has 0 unspecified atom stereocenters. The largest absolute Gasteiger partial charge is 0.309 e. The van der Waals surface area contributed by atoms with Gasteiger partial charge in [0.2, 0.25) is 0 Å². The van der Waals surface area contributed by atoms with Gasteiger partial charge in [-0.3, -0.25) is 0 Å². The van der Waals surface area contributed by atoms with Crippen molar-refractivity contribution in [3.63, 3.8) is 0 Å². The first-order valence-electron chi connectivity index (χ1n) is 13.9. The highest BCUT2D eigenvalue weighted by Crippen LogP contribution is 2.46. The van der Waals surface area contributed by atoms with Crippen LogP contribution in [0.1, 0.15) is 33.6 Å². The maximum Gasteiger partial charge on any atom is 0.177 e. The van der Waals surface area contributed by atoms with E-state index in [4.69, 9.17) is 0 Å². The molecule has 1 aliphatic carbocycles. The Morgan fingerprint density at radius 2 is 1.21 bits per heavy atom. The number of rotatable bonds is 3. The van der Waals surface area contributed by atoms with Crippen LogP contribution in [-0.2, 0) is 6.42 Å². The van der Waals surface area contributed by atoms with Crippen LogP contribution < -0.4 is 0 Å². The molecule has 0 radical (unpaired) electrons. The Kier molecular flexibility index (Phi) is 5.07. The van der Waals surface area contributed by atoms with Crippen LogP contribution >= 0.6 is 0 Å². The van der Waals surface area contributed by atoms with Gasteiger partial charge in [0.05, 0.1) is 22.4 Å². The van der Waals surface area contributed by atoms with Crippen molar-refractivity contribution < 1.29 is 0 Å². The summed E-state index contributed by atoms with van der Waals surface area (Å²) in [5.74, 6) is 0.